The lowest BCUT2D eigenvalue weighted by atomic mass is 9.88. The second kappa shape index (κ2) is 9.62. The number of carboxylic acid groups (broad SMARTS) is 1. The van der Waals surface area contributed by atoms with Crippen LogP contribution in [0.15, 0.2) is 38.0 Å². The number of rotatable bonds is 11. The first-order valence-electron chi connectivity index (χ1n) is 5.95. The van der Waals surface area contributed by atoms with E-state index in [0.29, 0.717) is 6.42 Å². The van der Waals surface area contributed by atoms with Crippen LogP contribution in [0.1, 0.15) is 19.3 Å². The smallest absolute Gasteiger partial charge is 0.310 e. The van der Waals surface area contributed by atoms with Crippen LogP contribution < -0.4 is 0 Å². The molecule has 4 heteroatoms. The van der Waals surface area contributed by atoms with Crippen LogP contribution in [0.3, 0.4) is 0 Å². The summed E-state index contributed by atoms with van der Waals surface area (Å²) in [6.07, 6.45) is 6.97. The Hall–Kier alpha value is -1.39. The molecule has 0 saturated carbocycles. The Balaban J connectivity index is 4.25. The van der Waals surface area contributed by atoms with Gasteiger partial charge in [0.05, 0.1) is 12.5 Å². The fraction of sp³-hybridized carbons (Fsp3) is 0.500. The van der Waals surface area contributed by atoms with E-state index in [9.17, 15) is 4.79 Å². The van der Waals surface area contributed by atoms with Gasteiger partial charge in [0.15, 0.2) is 0 Å². The van der Waals surface area contributed by atoms with E-state index in [0.717, 1.165) is 12.8 Å². The molecular weight excluding hydrogens is 232 g/mol. The van der Waals surface area contributed by atoms with Gasteiger partial charge in [-0.2, -0.15) is 0 Å². The number of hydrogen-bond donors (Lipinski definition) is 2. The third-order valence-electron chi connectivity index (χ3n) is 3.02. The third kappa shape index (κ3) is 6.37. The fourth-order valence-electron chi connectivity index (χ4n) is 1.75. The second-order valence-electron chi connectivity index (χ2n) is 4.28. The Kier molecular flexibility index (Phi) is 8.88. The van der Waals surface area contributed by atoms with E-state index in [1.807, 2.05) is 0 Å². The summed E-state index contributed by atoms with van der Waals surface area (Å²) in [5, 5.41) is 17.3. The Morgan fingerprint density at radius 3 is 2.06 bits per heavy atom. The molecule has 0 heterocycles. The minimum atomic E-state index is -0.865. The fourth-order valence-corrected chi connectivity index (χ4v) is 1.75. The summed E-state index contributed by atoms with van der Waals surface area (Å²) in [5.41, 5.74) is 0. The molecule has 2 N–H and O–H groups in total. The Morgan fingerprint density at radius 1 is 1.11 bits per heavy atom. The largest absolute Gasteiger partial charge is 0.481 e. The summed E-state index contributed by atoms with van der Waals surface area (Å²) < 4.78 is 0. The predicted molar refractivity (Wildman–Crippen MR) is 71.1 cm³/mol. The van der Waals surface area contributed by atoms with Crippen molar-refractivity contribution in [3.05, 3.63) is 38.0 Å². The molecule has 0 aliphatic carbocycles. The monoisotopic (exact) mass is 254 g/mol. The quantitative estimate of drug-likeness (QED) is 0.338. The zero-order valence-electron chi connectivity index (χ0n) is 10.6. The molecule has 0 saturated heterocycles. The molecule has 0 amide bonds. The summed E-state index contributed by atoms with van der Waals surface area (Å²) >= 11 is 0. The predicted octanol–water partition coefficient (Wildman–Crippen LogP) is 3.14. The summed E-state index contributed by atoms with van der Waals surface area (Å²) in [7, 11) is 0. The van der Waals surface area contributed by atoms with Gasteiger partial charge in [0.2, 0.25) is 0 Å². The van der Waals surface area contributed by atoms with E-state index in [-0.39, 0.29) is 18.4 Å². The van der Waals surface area contributed by atoms with Gasteiger partial charge in [-0.25, -0.2) is 4.89 Å². The highest BCUT2D eigenvalue weighted by atomic mass is 17.1. The van der Waals surface area contributed by atoms with Crippen LogP contribution in [0.25, 0.3) is 0 Å². The molecule has 4 nitrogen and oxygen atoms in total. The maximum Gasteiger partial charge on any atom is 0.310 e. The molecule has 0 aromatic rings. The lowest BCUT2D eigenvalue weighted by molar-refractivity contribution is -0.248. The van der Waals surface area contributed by atoms with Crippen molar-refractivity contribution in [1.82, 2.24) is 0 Å². The van der Waals surface area contributed by atoms with Gasteiger partial charge >= 0.3 is 5.97 Å². The topological polar surface area (TPSA) is 66.8 Å². The van der Waals surface area contributed by atoms with Crippen molar-refractivity contribution in [2.75, 3.05) is 6.61 Å². The molecule has 0 rings (SSSR count). The first kappa shape index (κ1) is 16.6. The maximum absolute atomic E-state index is 10.9. The SMILES string of the molecule is C=CC(CCC(C=C)CC(C=C)C(=O)O)COO. The van der Waals surface area contributed by atoms with Crippen molar-refractivity contribution in [2.24, 2.45) is 17.8 Å². The van der Waals surface area contributed by atoms with E-state index in [2.05, 4.69) is 24.6 Å². The van der Waals surface area contributed by atoms with Gasteiger partial charge in [-0.3, -0.25) is 10.1 Å². The normalized spacial score (nSPS) is 15.4. The number of allylic oxidation sites excluding steroid dienone is 1. The number of carboxylic acids is 1. The Bertz CT molecular complexity index is 286. The third-order valence-corrected chi connectivity index (χ3v) is 3.02. The highest BCUT2D eigenvalue weighted by Gasteiger charge is 2.18. The van der Waals surface area contributed by atoms with Gasteiger partial charge in [-0.1, -0.05) is 18.2 Å². The molecule has 0 aromatic carbocycles. The Labute approximate surface area is 108 Å². The molecule has 0 radical (unpaired) electrons. The van der Waals surface area contributed by atoms with Gasteiger partial charge in [0, 0.05) is 5.92 Å². The highest BCUT2D eigenvalue weighted by molar-refractivity contribution is 5.71. The minimum Gasteiger partial charge on any atom is -0.481 e. The van der Waals surface area contributed by atoms with Crippen molar-refractivity contribution in [1.29, 1.82) is 0 Å². The molecule has 3 atom stereocenters. The van der Waals surface area contributed by atoms with Gasteiger partial charge in [0.1, 0.15) is 0 Å². The van der Waals surface area contributed by atoms with Gasteiger partial charge in [-0.15, -0.1) is 19.7 Å². The van der Waals surface area contributed by atoms with Crippen LogP contribution in [0.4, 0.5) is 0 Å². The van der Waals surface area contributed by atoms with E-state index in [1.54, 1.807) is 12.2 Å². The molecule has 102 valence electrons. The summed E-state index contributed by atoms with van der Waals surface area (Å²) in [6.45, 7) is 11.1. The summed E-state index contributed by atoms with van der Waals surface area (Å²) in [5.74, 6) is -1.25. The molecule has 0 aliphatic heterocycles. The van der Waals surface area contributed by atoms with Crippen LogP contribution in [-0.2, 0) is 9.68 Å². The zero-order chi connectivity index (χ0) is 14.0. The summed E-state index contributed by atoms with van der Waals surface area (Å²) in [4.78, 5) is 15.0. The minimum absolute atomic E-state index is 0.0597. The van der Waals surface area contributed by atoms with Crippen molar-refractivity contribution in [3.63, 3.8) is 0 Å². The lowest BCUT2D eigenvalue weighted by Gasteiger charge is -2.17. The van der Waals surface area contributed by atoms with Gasteiger partial charge < -0.3 is 5.11 Å². The van der Waals surface area contributed by atoms with Crippen LogP contribution in [0.5, 0.6) is 0 Å². The molecule has 18 heavy (non-hydrogen) atoms. The molecule has 3 unspecified atom stereocenters. The van der Waals surface area contributed by atoms with E-state index in [1.165, 1.54) is 6.08 Å². The van der Waals surface area contributed by atoms with Gasteiger partial charge in [0.25, 0.3) is 0 Å². The van der Waals surface area contributed by atoms with Crippen LogP contribution in [-0.4, -0.2) is 22.9 Å². The molecule has 0 bridgehead atoms. The van der Waals surface area contributed by atoms with Crippen molar-refractivity contribution in [3.8, 4) is 0 Å². The first-order chi connectivity index (χ1) is 8.58. The van der Waals surface area contributed by atoms with Gasteiger partial charge in [-0.05, 0) is 25.2 Å². The maximum atomic E-state index is 10.9. The average molecular weight is 254 g/mol. The molecule has 0 spiro atoms. The lowest BCUT2D eigenvalue weighted by Crippen LogP contribution is -2.16. The van der Waals surface area contributed by atoms with E-state index < -0.39 is 11.9 Å². The van der Waals surface area contributed by atoms with Crippen molar-refractivity contribution < 1.29 is 20.0 Å². The standard InChI is InChI=1S/C14H22O4/c1-4-11(9-13(6-3)14(15)16)7-8-12(5-2)10-18-17/h4-6,11-13,17H,1-3,7-10H2,(H,15,16). The second-order valence-corrected chi connectivity index (χ2v) is 4.28. The van der Waals surface area contributed by atoms with Crippen LogP contribution >= 0.6 is 0 Å². The summed E-state index contributed by atoms with van der Waals surface area (Å²) in [6, 6.07) is 0. The molecule has 0 aliphatic rings. The molecular formula is C14H22O4. The van der Waals surface area contributed by atoms with Crippen LogP contribution in [0.2, 0.25) is 0 Å². The number of aliphatic carboxylic acids is 1. The van der Waals surface area contributed by atoms with E-state index >= 15 is 0 Å². The van der Waals surface area contributed by atoms with Crippen molar-refractivity contribution >= 4 is 5.97 Å². The van der Waals surface area contributed by atoms with Crippen LogP contribution in [0, 0.1) is 17.8 Å². The molecule has 0 aromatic heterocycles. The van der Waals surface area contributed by atoms with E-state index in [4.69, 9.17) is 10.4 Å². The Morgan fingerprint density at radius 2 is 1.67 bits per heavy atom. The zero-order valence-corrected chi connectivity index (χ0v) is 10.6. The van der Waals surface area contributed by atoms with Crippen molar-refractivity contribution in [2.45, 2.75) is 19.3 Å². The highest BCUT2D eigenvalue weighted by Crippen LogP contribution is 2.22. The number of carbonyl (C=O) groups is 1. The average Bonchev–Trinajstić information content (AvgIpc) is 2.37. The molecule has 0 fully saturated rings. The number of hydrogen-bond acceptors (Lipinski definition) is 3. The first-order valence-corrected chi connectivity index (χ1v) is 5.95.